The van der Waals surface area contributed by atoms with E-state index >= 15 is 0 Å². The molecule has 1 saturated heterocycles. The largest absolute Gasteiger partial charge is 0.309 e. The summed E-state index contributed by atoms with van der Waals surface area (Å²) < 4.78 is 0. The first-order chi connectivity index (χ1) is 10.0. The van der Waals surface area contributed by atoms with Crippen LogP contribution < -0.4 is 5.32 Å². The van der Waals surface area contributed by atoms with Crippen LogP contribution in [0, 0.1) is 13.8 Å². The fourth-order valence-corrected chi connectivity index (χ4v) is 3.20. The van der Waals surface area contributed by atoms with Crippen molar-refractivity contribution in [1.82, 2.24) is 15.1 Å². The summed E-state index contributed by atoms with van der Waals surface area (Å²) in [4.78, 5) is 5.07. The Balaban J connectivity index is 2.10. The molecule has 1 fully saturated rings. The van der Waals surface area contributed by atoms with Gasteiger partial charge in [-0.05, 0) is 45.5 Å². The molecule has 2 rings (SSSR count). The zero-order valence-electron chi connectivity index (χ0n) is 14.3. The molecule has 0 amide bonds. The number of rotatable bonds is 5. The summed E-state index contributed by atoms with van der Waals surface area (Å²) in [6.07, 6.45) is 0. The summed E-state index contributed by atoms with van der Waals surface area (Å²) in [6, 6.07) is 7.90. The Hall–Kier alpha value is -0.900. The molecule has 0 saturated carbocycles. The van der Waals surface area contributed by atoms with Crippen molar-refractivity contribution in [3.63, 3.8) is 0 Å². The molecule has 3 nitrogen and oxygen atoms in total. The molecule has 1 aliphatic heterocycles. The van der Waals surface area contributed by atoms with Crippen LogP contribution in [0.25, 0.3) is 0 Å². The van der Waals surface area contributed by atoms with Crippen molar-refractivity contribution in [2.45, 2.75) is 39.8 Å². The Bertz CT molecular complexity index is 458. The van der Waals surface area contributed by atoms with Gasteiger partial charge in [0.1, 0.15) is 0 Å². The van der Waals surface area contributed by atoms with Crippen LogP contribution >= 0.6 is 0 Å². The molecule has 118 valence electrons. The van der Waals surface area contributed by atoms with Gasteiger partial charge in [-0.3, -0.25) is 4.90 Å². The van der Waals surface area contributed by atoms with E-state index in [0.717, 1.165) is 13.1 Å². The van der Waals surface area contributed by atoms with Gasteiger partial charge in [0.25, 0.3) is 0 Å². The standard InChI is InChI=1S/C18H31N3/c1-6-19-18(17-11-14(2)7-8-15(17)3)13-21-10-9-20(5)16(4)12-21/h7-8,11,16,18-19H,6,9-10,12-13H2,1-5H3. The maximum Gasteiger partial charge on any atom is 0.0451 e. The normalized spacial score (nSPS) is 22.4. The SMILES string of the molecule is CCNC(CN1CCN(C)C(C)C1)c1cc(C)ccc1C. The minimum atomic E-state index is 0.436. The van der Waals surface area contributed by atoms with Crippen molar-refractivity contribution in [1.29, 1.82) is 0 Å². The molecule has 0 aliphatic carbocycles. The van der Waals surface area contributed by atoms with Gasteiger partial charge in [-0.1, -0.05) is 30.7 Å². The van der Waals surface area contributed by atoms with Gasteiger partial charge in [0.05, 0.1) is 0 Å². The lowest BCUT2D eigenvalue weighted by Gasteiger charge is -2.39. The van der Waals surface area contributed by atoms with Crippen molar-refractivity contribution in [3.8, 4) is 0 Å². The Kier molecular flexibility index (Phi) is 5.80. The van der Waals surface area contributed by atoms with Gasteiger partial charge in [0.2, 0.25) is 0 Å². The quantitative estimate of drug-likeness (QED) is 0.899. The first-order valence-electron chi connectivity index (χ1n) is 8.24. The second-order valence-electron chi connectivity index (χ2n) is 6.56. The first kappa shape index (κ1) is 16.5. The van der Waals surface area contributed by atoms with Crippen LogP contribution in [-0.2, 0) is 0 Å². The third-order valence-corrected chi connectivity index (χ3v) is 4.75. The van der Waals surface area contributed by atoms with E-state index in [1.54, 1.807) is 0 Å². The molecule has 1 aromatic carbocycles. The fourth-order valence-electron chi connectivity index (χ4n) is 3.20. The molecule has 0 radical (unpaired) electrons. The second kappa shape index (κ2) is 7.39. The minimum Gasteiger partial charge on any atom is -0.309 e. The predicted molar refractivity (Wildman–Crippen MR) is 90.9 cm³/mol. The third-order valence-electron chi connectivity index (χ3n) is 4.75. The number of nitrogens with zero attached hydrogens (tertiary/aromatic N) is 2. The number of hydrogen-bond donors (Lipinski definition) is 1. The molecule has 2 unspecified atom stereocenters. The Morgan fingerprint density at radius 2 is 2.05 bits per heavy atom. The highest BCUT2D eigenvalue weighted by Crippen LogP contribution is 2.21. The van der Waals surface area contributed by atoms with E-state index in [9.17, 15) is 0 Å². The fraction of sp³-hybridized carbons (Fsp3) is 0.667. The van der Waals surface area contributed by atoms with E-state index in [0.29, 0.717) is 12.1 Å². The van der Waals surface area contributed by atoms with E-state index in [1.165, 1.54) is 36.3 Å². The number of hydrogen-bond acceptors (Lipinski definition) is 3. The van der Waals surface area contributed by atoms with Gasteiger partial charge in [-0.15, -0.1) is 0 Å². The molecule has 0 bridgehead atoms. The highest BCUT2D eigenvalue weighted by Gasteiger charge is 2.24. The zero-order chi connectivity index (χ0) is 15.4. The number of benzene rings is 1. The molecule has 1 aromatic rings. The van der Waals surface area contributed by atoms with Gasteiger partial charge >= 0.3 is 0 Å². The van der Waals surface area contributed by atoms with Crippen molar-refractivity contribution >= 4 is 0 Å². The molecule has 21 heavy (non-hydrogen) atoms. The van der Waals surface area contributed by atoms with Crippen LogP contribution in [0.5, 0.6) is 0 Å². The maximum atomic E-state index is 3.69. The summed E-state index contributed by atoms with van der Waals surface area (Å²) in [5.74, 6) is 0. The average Bonchev–Trinajstić information content (AvgIpc) is 2.45. The zero-order valence-corrected chi connectivity index (χ0v) is 14.3. The second-order valence-corrected chi connectivity index (χ2v) is 6.56. The topological polar surface area (TPSA) is 18.5 Å². The summed E-state index contributed by atoms with van der Waals surface area (Å²) >= 11 is 0. The van der Waals surface area contributed by atoms with Gasteiger partial charge in [0, 0.05) is 38.3 Å². The van der Waals surface area contributed by atoms with E-state index in [4.69, 9.17) is 0 Å². The number of piperazine rings is 1. The predicted octanol–water partition coefficient (Wildman–Crippen LogP) is 2.59. The van der Waals surface area contributed by atoms with Crippen LogP contribution in [0.4, 0.5) is 0 Å². The Labute approximate surface area is 130 Å². The lowest BCUT2D eigenvalue weighted by molar-refractivity contribution is 0.0970. The van der Waals surface area contributed by atoms with Crippen molar-refractivity contribution in [3.05, 3.63) is 34.9 Å². The molecule has 0 spiro atoms. The molecule has 0 aromatic heterocycles. The van der Waals surface area contributed by atoms with Gasteiger partial charge in [-0.2, -0.15) is 0 Å². The van der Waals surface area contributed by atoms with Crippen molar-refractivity contribution < 1.29 is 0 Å². The number of aryl methyl sites for hydroxylation is 2. The minimum absolute atomic E-state index is 0.436. The molecule has 1 N–H and O–H groups in total. The third kappa shape index (κ3) is 4.29. The lowest BCUT2D eigenvalue weighted by Crippen LogP contribution is -2.51. The van der Waals surface area contributed by atoms with Crippen LogP contribution in [0.1, 0.15) is 36.6 Å². The smallest absolute Gasteiger partial charge is 0.0451 e. The van der Waals surface area contributed by atoms with Crippen molar-refractivity contribution in [2.24, 2.45) is 0 Å². The van der Waals surface area contributed by atoms with E-state index in [1.807, 2.05) is 0 Å². The maximum absolute atomic E-state index is 3.69. The molecule has 2 atom stereocenters. The Morgan fingerprint density at radius 1 is 1.29 bits per heavy atom. The molecule has 1 aliphatic rings. The van der Waals surface area contributed by atoms with E-state index < -0.39 is 0 Å². The number of nitrogens with one attached hydrogen (secondary N) is 1. The summed E-state index contributed by atoms with van der Waals surface area (Å²) in [7, 11) is 2.23. The van der Waals surface area contributed by atoms with Crippen LogP contribution in [0.2, 0.25) is 0 Å². The Morgan fingerprint density at radius 3 is 2.71 bits per heavy atom. The van der Waals surface area contributed by atoms with Crippen LogP contribution in [0.3, 0.4) is 0 Å². The first-order valence-corrected chi connectivity index (χ1v) is 8.24. The summed E-state index contributed by atoms with van der Waals surface area (Å²) in [5, 5.41) is 3.69. The van der Waals surface area contributed by atoms with Gasteiger partial charge in [0.15, 0.2) is 0 Å². The molecule has 1 heterocycles. The summed E-state index contributed by atoms with van der Waals surface area (Å²) in [6.45, 7) is 14.6. The van der Waals surface area contributed by atoms with Gasteiger partial charge in [-0.25, -0.2) is 0 Å². The monoisotopic (exact) mass is 289 g/mol. The highest BCUT2D eigenvalue weighted by atomic mass is 15.3. The van der Waals surface area contributed by atoms with Crippen molar-refractivity contribution in [2.75, 3.05) is 39.8 Å². The molecule has 3 heteroatoms. The highest BCUT2D eigenvalue weighted by molar-refractivity contribution is 5.33. The molecular weight excluding hydrogens is 258 g/mol. The van der Waals surface area contributed by atoms with E-state index in [2.05, 4.69) is 68.1 Å². The van der Waals surface area contributed by atoms with Crippen LogP contribution in [0.15, 0.2) is 18.2 Å². The number of likely N-dealkylation sites (N-methyl/N-ethyl adjacent to an activating group) is 2. The molecular formula is C18H31N3. The lowest BCUT2D eigenvalue weighted by atomic mass is 9.98. The average molecular weight is 289 g/mol. The summed E-state index contributed by atoms with van der Waals surface area (Å²) in [5.41, 5.74) is 4.21. The van der Waals surface area contributed by atoms with E-state index in [-0.39, 0.29) is 0 Å². The van der Waals surface area contributed by atoms with Gasteiger partial charge < -0.3 is 10.2 Å². The van der Waals surface area contributed by atoms with Crippen LogP contribution in [-0.4, -0.2) is 55.6 Å².